The van der Waals surface area contributed by atoms with Crippen molar-refractivity contribution in [1.29, 1.82) is 0 Å². The summed E-state index contributed by atoms with van der Waals surface area (Å²) < 4.78 is 0. The van der Waals surface area contributed by atoms with Crippen molar-refractivity contribution >= 4 is 23.3 Å². The number of benzene rings is 2. The van der Waals surface area contributed by atoms with Gasteiger partial charge in [-0.2, -0.15) is 0 Å². The first-order chi connectivity index (χ1) is 10.7. The molecule has 0 heterocycles. The van der Waals surface area contributed by atoms with E-state index in [0.717, 1.165) is 12.1 Å². The molecule has 0 aliphatic heterocycles. The van der Waals surface area contributed by atoms with Crippen molar-refractivity contribution in [3.8, 4) is 11.1 Å². The standard InChI is InChI=1S/C15H12N2O6/c1-7-4-10(14(18)19)13(11(5-7)15(20)21)9-3-2-8(17(22)23)6-12(9)16/h2-6H,16H2,1H3,(H,18,19)(H,20,21). The van der Waals surface area contributed by atoms with Crippen LogP contribution >= 0.6 is 0 Å². The number of nitrogens with two attached hydrogens (primary N) is 1. The van der Waals surface area contributed by atoms with E-state index < -0.39 is 16.9 Å². The summed E-state index contributed by atoms with van der Waals surface area (Å²) in [5.41, 5.74) is 5.46. The van der Waals surface area contributed by atoms with E-state index in [0.29, 0.717) is 5.56 Å². The molecular formula is C15H12N2O6. The number of carboxylic acids is 2. The van der Waals surface area contributed by atoms with Gasteiger partial charge in [-0.3, -0.25) is 10.1 Å². The number of non-ortho nitro benzene ring substituents is 1. The highest BCUT2D eigenvalue weighted by atomic mass is 16.6. The van der Waals surface area contributed by atoms with Gasteiger partial charge >= 0.3 is 11.9 Å². The third-order valence-electron chi connectivity index (χ3n) is 3.26. The number of hydrogen-bond acceptors (Lipinski definition) is 5. The fourth-order valence-electron chi connectivity index (χ4n) is 2.31. The minimum absolute atomic E-state index is 0.0759. The average Bonchev–Trinajstić information content (AvgIpc) is 2.46. The maximum atomic E-state index is 11.5. The third kappa shape index (κ3) is 2.95. The van der Waals surface area contributed by atoms with Crippen LogP contribution in [0.25, 0.3) is 11.1 Å². The summed E-state index contributed by atoms with van der Waals surface area (Å²) in [7, 11) is 0. The lowest BCUT2D eigenvalue weighted by Gasteiger charge is -2.13. The lowest BCUT2D eigenvalue weighted by molar-refractivity contribution is -0.384. The minimum atomic E-state index is -1.32. The monoisotopic (exact) mass is 316 g/mol. The smallest absolute Gasteiger partial charge is 0.336 e. The lowest BCUT2D eigenvalue weighted by Crippen LogP contribution is -2.09. The Kier molecular flexibility index (Phi) is 4.00. The molecule has 8 nitrogen and oxygen atoms in total. The molecule has 0 radical (unpaired) electrons. The highest BCUT2D eigenvalue weighted by Gasteiger charge is 2.23. The van der Waals surface area contributed by atoms with Crippen molar-refractivity contribution in [2.75, 3.05) is 5.73 Å². The molecule has 0 aliphatic carbocycles. The predicted molar refractivity (Wildman–Crippen MR) is 81.6 cm³/mol. The SMILES string of the molecule is Cc1cc(C(=O)O)c(-c2ccc([N+](=O)[O-])cc2N)c(C(=O)O)c1. The molecule has 0 saturated carbocycles. The van der Waals surface area contributed by atoms with Crippen molar-refractivity contribution in [2.24, 2.45) is 0 Å². The van der Waals surface area contributed by atoms with Crippen LogP contribution in [0.15, 0.2) is 30.3 Å². The second-order valence-electron chi connectivity index (χ2n) is 4.87. The molecule has 0 aliphatic rings. The number of nitrogens with zero attached hydrogens (tertiary/aromatic N) is 1. The normalized spacial score (nSPS) is 10.3. The number of rotatable bonds is 4. The largest absolute Gasteiger partial charge is 0.478 e. The van der Waals surface area contributed by atoms with Gasteiger partial charge in [0.05, 0.1) is 16.1 Å². The zero-order valence-corrected chi connectivity index (χ0v) is 11.9. The van der Waals surface area contributed by atoms with Gasteiger partial charge in [0.25, 0.3) is 5.69 Å². The molecule has 0 fully saturated rings. The Bertz CT molecular complexity index is 809. The Morgan fingerprint density at radius 3 is 2.00 bits per heavy atom. The van der Waals surface area contributed by atoms with Crippen molar-refractivity contribution in [2.45, 2.75) is 6.92 Å². The van der Waals surface area contributed by atoms with Crippen LogP contribution in [-0.4, -0.2) is 27.1 Å². The first-order valence-corrected chi connectivity index (χ1v) is 6.38. The Morgan fingerprint density at radius 1 is 1.09 bits per heavy atom. The zero-order valence-electron chi connectivity index (χ0n) is 11.9. The minimum Gasteiger partial charge on any atom is -0.478 e. The molecule has 4 N–H and O–H groups in total. The first kappa shape index (κ1) is 16.0. The molecule has 2 aromatic rings. The van der Waals surface area contributed by atoms with Crippen LogP contribution in [0.3, 0.4) is 0 Å². The van der Waals surface area contributed by atoms with Crippen molar-refractivity contribution in [1.82, 2.24) is 0 Å². The van der Waals surface area contributed by atoms with E-state index in [1.807, 2.05) is 0 Å². The van der Waals surface area contributed by atoms with E-state index in [1.54, 1.807) is 6.92 Å². The summed E-state index contributed by atoms with van der Waals surface area (Å²) >= 11 is 0. The van der Waals surface area contributed by atoms with Crippen LogP contribution in [0.1, 0.15) is 26.3 Å². The van der Waals surface area contributed by atoms with E-state index in [-0.39, 0.29) is 33.6 Å². The highest BCUT2D eigenvalue weighted by molar-refractivity contribution is 6.06. The van der Waals surface area contributed by atoms with Gasteiger partial charge in [-0.25, -0.2) is 9.59 Å². The van der Waals surface area contributed by atoms with Gasteiger partial charge in [-0.15, -0.1) is 0 Å². The number of carbonyl (C=O) groups is 2. The number of nitro groups is 1. The van der Waals surface area contributed by atoms with Crippen LogP contribution in [0.5, 0.6) is 0 Å². The molecule has 2 aromatic carbocycles. The predicted octanol–water partition coefficient (Wildman–Crippen LogP) is 2.55. The fourth-order valence-corrected chi connectivity index (χ4v) is 2.31. The molecule has 0 spiro atoms. The van der Waals surface area contributed by atoms with Crippen molar-refractivity contribution in [3.63, 3.8) is 0 Å². The Hall–Kier alpha value is -3.42. The van der Waals surface area contributed by atoms with E-state index in [9.17, 15) is 29.9 Å². The summed E-state index contributed by atoms with van der Waals surface area (Å²) in [5, 5.41) is 29.5. The topological polar surface area (TPSA) is 144 Å². The number of aromatic carboxylic acids is 2. The molecule has 2 rings (SSSR count). The van der Waals surface area contributed by atoms with E-state index in [2.05, 4.69) is 0 Å². The molecule has 0 bridgehead atoms. The quantitative estimate of drug-likeness (QED) is 0.446. The number of hydrogen-bond donors (Lipinski definition) is 3. The number of nitro benzene ring substituents is 1. The Balaban J connectivity index is 2.83. The van der Waals surface area contributed by atoms with Crippen LogP contribution in [0.2, 0.25) is 0 Å². The van der Waals surface area contributed by atoms with Crippen molar-refractivity contribution in [3.05, 3.63) is 57.1 Å². The summed E-state index contributed by atoms with van der Waals surface area (Å²) in [6, 6.07) is 6.10. The second kappa shape index (κ2) is 5.76. The molecule has 0 atom stereocenters. The molecule has 0 aromatic heterocycles. The van der Waals surface area contributed by atoms with Crippen LogP contribution in [-0.2, 0) is 0 Å². The maximum absolute atomic E-state index is 11.5. The second-order valence-corrected chi connectivity index (χ2v) is 4.87. The van der Waals surface area contributed by atoms with Crippen LogP contribution in [0.4, 0.5) is 11.4 Å². The summed E-state index contributed by atoms with van der Waals surface area (Å²) in [6.45, 7) is 1.57. The van der Waals surface area contributed by atoms with Gasteiger partial charge in [0.2, 0.25) is 0 Å². The van der Waals surface area contributed by atoms with Crippen LogP contribution < -0.4 is 5.73 Å². The van der Waals surface area contributed by atoms with E-state index >= 15 is 0 Å². The van der Waals surface area contributed by atoms with Gasteiger partial charge < -0.3 is 15.9 Å². The van der Waals surface area contributed by atoms with Crippen molar-refractivity contribution < 1.29 is 24.7 Å². The molecule has 118 valence electrons. The van der Waals surface area contributed by atoms with Gasteiger partial charge in [-0.1, -0.05) is 0 Å². The highest BCUT2D eigenvalue weighted by Crippen LogP contribution is 2.35. The summed E-state index contributed by atoms with van der Waals surface area (Å²) in [4.78, 5) is 33.0. The van der Waals surface area contributed by atoms with Crippen LogP contribution in [0, 0.1) is 17.0 Å². The zero-order chi connectivity index (χ0) is 17.3. The average molecular weight is 316 g/mol. The number of carboxylic acid groups (broad SMARTS) is 2. The molecule has 8 heteroatoms. The lowest BCUT2D eigenvalue weighted by atomic mass is 9.91. The Labute approximate surface area is 129 Å². The molecular weight excluding hydrogens is 304 g/mol. The number of aryl methyl sites for hydroxylation is 1. The molecule has 0 saturated heterocycles. The molecule has 23 heavy (non-hydrogen) atoms. The summed E-state index contributed by atoms with van der Waals surface area (Å²) in [6.07, 6.45) is 0. The van der Waals surface area contributed by atoms with E-state index in [4.69, 9.17) is 5.73 Å². The first-order valence-electron chi connectivity index (χ1n) is 6.38. The third-order valence-corrected chi connectivity index (χ3v) is 3.26. The number of anilines is 1. The molecule has 0 unspecified atom stereocenters. The van der Waals surface area contributed by atoms with E-state index in [1.165, 1.54) is 18.2 Å². The molecule has 0 amide bonds. The fraction of sp³-hybridized carbons (Fsp3) is 0.0667. The van der Waals surface area contributed by atoms with Gasteiger partial charge in [0, 0.05) is 28.9 Å². The number of nitrogen functional groups attached to an aromatic ring is 1. The van der Waals surface area contributed by atoms with Gasteiger partial charge in [0.1, 0.15) is 0 Å². The Morgan fingerprint density at radius 2 is 1.61 bits per heavy atom. The van der Waals surface area contributed by atoms with Gasteiger partial charge in [-0.05, 0) is 30.7 Å². The summed E-state index contributed by atoms with van der Waals surface area (Å²) in [5.74, 6) is -2.63. The van der Waals surface area contributed by atoms with Gasteiger partial charge in [0.15, 0.2) is 0 Å². The maximum Gasteiger partial charge on any atom is 0.336 e.